The van der Waals surface area contributed by atoms with Crippen molar-refractivity contribution in [2.45, 2.75) is 0 Å². The van der Waals surface area contributed by atoms with Gasteiger partial charge in [-0.3, -0.25) is 0 Å². The molecule has 2 aliphatic rings. The molecule has 0 amide bonds. The van der Waals surface area contributed by atoms with Crippen LogP contribution in [0.2, 0.25) is 0 Å². The number of halogens is 9. The molecule has 0 atom stereocenters. The molecule has 1 aromatic heterocycles. The van der Waals surface area contributed by atoms with Gasteiger partial charge >= 0.3 is 6.97 Å². The van der Waals surface area contributed by atoms with E-state index in [9.17, 15) is 0 Å². The Morgan fingerprint density at radius 2 is 1.62 bits per heavy atom. The van der Waals surface area contributed by atoms with Crippen LogP contribution in [0.15, 0.2) is 50.9 Å². The van der Waals surface area contributed by atoms with Gasteiger partial charge in [-0.05, 0) is 113 Å². The third-order valence-corrected chi connectivity index (χ3v) is 12.0. The van der Waals surface area contributed by atoms with E-state index in [4.69, 9.17) is 4.74 Å². The van der Waals surface area contributed by atoms with E-state index in [1.54, 1.807) is 13.2 Å². The highest BCUT2D eigenvalue weighted by atomic mass is 79.9. The number of ether oxygens (including phenoxy) is 1. The van der Waals surface area contributed by atoms with Crippen molar-refractivity contribution in [3.05, 3.63) is 62.1 Å². The number of rotatable bonds is 2. The van der Waals surface area contributed by atoms with Gasteiger partial charge < -0.3 is 22.3 Å². The summed E-state index contributed by atoms with van der Waals surface area (Å²) in [6.07, 6.45) is 0. The third-order valence-electron chi connectivity index (χ3n) is 4.60. The molecule has 0 N–H and O–H groups in total. The first-order chi connectivity index (χ1) is 13.5. The summed E-state index contributed by atoms with van der Waals surface area (Å²) >= 11 is 24.0. The van der Waals surface area contributed by atoms with Crippen LogP contribution < -0.4 is 4.74 Å². The highest BCUT2D eigenvalue weighted by Crippen LogP contribution is 2.53. The van der Waals surface area contributed by atoms with E-state index >= 15 is 8.63 Å². The lowest BCUT2D eigenvalue weighted by Crippen LogP contribution is -2.50. The second-order valence-electron chi connectivity index (χ2n) is 6.09. The molecule has 3 heterocycles. The summed E-state index contributed by atoms with van der Waals surface area (Å²) < 4.78 is 42.2. The van der Waals surface area contributed by atoms with E-state index in [1.165, 1.54) is 0 Å². The van der Waals surface area contributed by atoms with Gasteiger partial charge in [-0.15, -0.1) is 0 Å². The van der Waals surface area contributed by atoms with Crippen molar-refractivity contribution in [1.29, 1.82) is 0 Å². The monoisotopic (exact) mass is 843 g/mol. The van der Waals surface area contributed by atoms with Crippen LogP contribution in [-0.2, 0) is 0 Å². The zero-order chi connectivity index (χ0) is 21.4. The van der Waals surface area contributed by atoms with Crippen LogP contribution in [-0.4, -0.2) is 27.7 Å². The normalized spacial score (nSPS) is 17.9. The smallest absolute Gasteiger partial charge is 0.496 e. The van der Waals surface area contributed by atoms with Gasteiger partial charge in [0.2, 0.25) is 4.62 Å². The molecule has 0 unspecified atom stereocenters. The van der Waals surface area contributed by atoms with Crippen molar-refractivity contribution in [2.24, 2.45) is 0 Å². The first-order valence-corrected chi connectivity index (χ1v) is 13.3. The van der Waals surface area contributed by atoms with Gasteiger partial charge in [0.15, 0.2) is 5.70 Å². The molecule has 2 aliphatic heterocycles. The molecule has 0 aliphatic carbocycles. The van der Waals surface area contributed by atoms with Crippen molar-refractivity contribution in [1.82, 2.24) is 4.48 Å². The standard InChI is InChI=1S/C16H6BBr7F2N2O/c1-29-7-3-2-5(4-6(7)18)8-13-9(19)11(21)15(23)27(13)17(25,26)28-14(8)10(20)12(22)16(28)24/h2-4H,1H3. The number of benzene rings is 1. The summed E-state index contributed by atoms with van der Waals surface area (Å²) in [5.41, 5.74) is 2.08. The Bertz CT molecular complexity index is 1200. The molecular formula is C16H6BBr7F2N2O. The molecule has 0 radical (unpaired) electrons. The average Bonchev–Trinajstić information content (AvgIpc) is 3.04. The lowest BCUT2D eigenvalue weighted by atomic mass is 9.86. The van der Waals surface area contributed by atoms with Crippen molar-refractivity contribution in [3.8, 4) is 5.75 Å². The quantitative estimate of drug-likeness (QED) is 0.278. The van der Waals surface area contributed by atoms with Gasteiger partial charge in [-0.25, -0.2) is 0 Å². The molecule has 0 fully saturated rings. The molecule has 29 heavy (non-hydrogen) atoms. The Morgan fingerprint density at radius 3 is 2.21 bits per heavy atom. The van der Waals surface area contributed by atoms with E-state index in [0.29, 0.717) is 45.1 Å². The predicted molar refractivity (Wildman–Crippen MR) is 137 cm³/mol. The van der Waals surface area contributed by atoms with E-state index in [2.05, 4.69) is 112 Å². The summed E-state index contributed by atoms with van der Waals surface area (Å²) in [5, 5.41) is 0. The van der Waals surface area contributed by atoms with Crippen molar-refractivity contribution < 1.29 is 17.9 Å². The number of methoxy groups -OCH3 is 1. The maximum Gasteiger partial charge on any atom is 0.738 e. The van der Waals surface area contributed by atoms with Gasteiger partial charge in [-0.1, -0.05) is 6.07 Å². The number of nitrogens with zero attached hydrogens (tertiary/aromatic N) is 2. The fourth-order valence-electron chi connectivity index (χ4n) is 3.38. The summed E-state index contributed by atoms with van der Waals surface area (Å²) in [5.74, 6) is 0.647. The summed E-state index contributed by atoms with van der Waals surface area (Å²) in [7, 11) is 1.57. The average molecular weight is 850 g/mol. The Labute approximate surface area is 223 Å². The SMILES string of the molecule is COc1ccc(C2=C3C(Br)=C(Br)C(Br)=[N+]3[B-](F)(F)n3c(Br)c(Br)c(Br)c32)cc1Br. The van der Waals surface area contributed by atoms with Gasteiger partial charge in [0.25, 0.3) is 0 Å². The van der Waals surface area contributed by atoms with Crippen LogP contribution in [0.1, 0.15) is 11.3 Å². The highest BCUT2D eigenvalue weighted by molar-refractivity contribution is 9.21. The maximum atomic E-state index is 15.8. The van der Waals surface area contributed by atoms with Crippen molar-refractivity contribution in [3.63, 3.8) is 0 Å². The second kappa shape index (κ2) is 7.95. The molecule has 0 saturated heterocycles. The fraction of sp³-hybridized carbons (Fsp3) is 0.0625. The van der Waals surface area contributed by atoms with Crippen LogP contribution in [0, 0.1) is 0 Å². The molecule has 2 aromatic rings. The highest BCUT2D eigenvalue weighted by Gasteiger charge is 2.58. The van der Waals surface area contributed by atoms with Crippen LogP contribution in [0.3, 0.4) is 0 Å². The Hall–Kier alpha value is 0.735. The fourth-order valence-corrected chi connectivity index (χ4v) is 7.60. The minimum Gasteiger partial charge on any atom is -0.496 e. The van der Waals surface area contributed by atoms with Crippen LogP contribution in [0.25, 0.3) is 5.57 Å². The van der Waals surface area contributed by atoms with Crippen molar-refractivity contribution >= 4 is 129 Å². The molecule has 152 valence electrons. The maximum absolute atomic E-state index is 15.8. The minimum atomic E-state index is -4.20. The molecule has 0 bridgehead atoms. The van der Waals surface area contributed by atoms with Crippen molar-refractivity contribution in [2.75, 3.05) is 7.11 Å². The second-order valence-corrected chi connectivity index (χ2v) is 11.6. The number of hydrogen-bond donors (Lipinski definition) is 0. The lowest BCUT2D eigenvalue weighted by molar-refractivity contribution is -0.358. The summed E-state index contributed by atoms with van der Waals surface area (Å²) in [6.45, 7) is -4.20. The molecular weight excluding hydrogens is 844 g/mol. The van der Waals surface area contributed by atoms with Gasteiger partial charge in [0.1, 0.15) is 14.7 Å². The molecule has 1 aromatic carbocycles. The lowest BCUT2D eigenvalue weighted by Gasteiger charge is -2.32. The summed E-state index contributed by atoms with van der Waals surface area (Å²) in [6, 6.07) is 5.48. The molecule has 13 heteroatoms. The van der Waals surface area contributed by atoms with Gasteiger partial charge in [0, 0.05) is 21.6 Å². The van der Waals surface area contributed by atoms with Gasteiger partial charge in [0.05, 0.1) is 30.7 Å². The summed E-state index contributed by atoms with van der Waals surface area (Å²) in [4.78, 5) is 0. The number of aromatic nitrogens is 1. The molecule has 3 nitrogen and oxygen atoms in total. The Morgan fingerprint density at radius 1 is 0.966 bits per heavy atom. The molecule has 0 saturated carbocycles. The van der Waals surface area contributed by atoms with Crippen LogP contribution in [0.5, 0.6) is 5.75 Å². The first-order valence-electron chi connectivity index (χ1n) is 7.77. The third kappa shape index (κ3) is 3.23. The van der Waals surface area contributed by atoms with Crippen LogP contribution >= 0.6 is 112 Å². The zero-order valence-electron chi connectivity index (χ0n) is 14.0. The Balaban J connectivity index is 2.20. The van der Waals surface area contributed by atoms with E-state index in [-0.39, 0.29) is 9.22 Å². The van der Waals surface area contributed by atoms with Gasteiger partial charge in [-0.2, -0.15) is 0 Å². The molecule has 4 rings (SSSR count). The number of allylic oxidation sites excluding steroid dienone is 2. The van der Waals surface area contributed by atoms with Crippen LogP contribution in [0.4, 0.5) is 8.63 Å². The zero-order valence-corrected chi connectivity index (χ0v) is 25.1. The Kier molecular flexibility index (Phi) is 6.28. The van der Waals surface area contributed by atoms with E-state index in [1.807, 2.05) is 12.1 Å². The largest absolute Gasteiger partial charge is 0.738 e. The molecule has 0 spiro atoms. The predicted octanol–water partition coefficient (Wildman–Crippen LogP) is 8.36. The number of hydrogen-bond acceptors (Lipinski definition) is 1. The number of fused-ring (bicyclic) bond motifs is 2. The minimum absolute atomic E-state index is 0.243. The first kappa shape index (κ1) is 22.9. The topological polar surface area (TPSA) is 17.2 Å². The van der Waals surface area contributed by atoms with E-state index < -0.39 is 6.97 Å². The van der Waals surface area contributed by atoms with E-state index in [0.717, 1.165) is 14.5 Å².